The molecular weight excluding hydrogens is 257 g/mol. The molecule has 0 aliphatic carbocycles. The largest absolute Gasteiger partial charge is 0.496 e. The predicted octanol–water partition coefficient (Wildman–Crippen LogP) is 3.20. The SMILES string of the molecule is COc1cc(C(N)c2cc(F)ccc2OC)ccc1C. The van der Waals surface area contributed by atoms with Gasteiger partial charge in [-0.05, 0) is 42.3 Å². The summed E-state index contributed by atoms with van der Waals surface area (Å²) in [6.07, 6.45) is 0. The van der Waals surface area contributed by atoms with E-state index in [1.165, 1.54) is 12.1 Å². The number of benzene rings is 2. The standard InChI is InChI=1S/C16H18FNO2/c1-10-4-5-11(8-15(10)20-3)16(18)13-9-12(17)6-7-14(13)19-2/h4-9,16H,18H2,1-3H3. The Labute approximate surface area is 118 Å². The monoisotopic (exact) mass is 275 g/mol. The normalized spacial score (nSPS) is 12.1. The van der Waals surface area contributed by atoms with Crippen LogP contribution in [0.4, 0.5) is 4.39 Å². The number of halogens is 1. The Morgan fingerprint density at radius 2 is 1.70 bits per heavy atom. The van der Waals surface area contributed by atoms with Crippen LogP contribution in [0.1, 0.15) is 22.7 Å². The maximum atomic E-state index is 13.4. The lowest BCUT2D eigenvalue weighted by Gasteiger charge is -2.17. The first-order chi connectivity index (χ1) is 9.56. The quantitative estimate of drug-likeness (QED) is 0.932. The van der Waals surface area contributed by atoms with Crippen LogP contribution in [0.5, 0.6) is 11.5 Å². The van der Waals surface area contributed by atoms with E-state index in [1.807, 2.05) is 25.1 Å². The summed E-state index contributed by atoms with van der Waals surface area (Å²) in [5.41, 5.74) is 8.71. The van der Waals surface area contributed by atoms with Crippen molar-refractivity contribution in [2.24, 2.45) is 5.73 Å². The van der Waals surface area contributed by atoms with Gasteiger partial charge in [-0.2, -0.15) is 0 Å². The van der Waals surface area contributed by atoms with Crippen LogP contribution in [0.25, 0.3) is 0 Å². The highest BCUT2D eigenvalue weighted by atomic mass is 19.1. The van der Waals surface area contributed by atoms with Gasteiger partial charge in [0.1, 0.15) is 17.3 Å². The van der Waals surface area contributed by atoms with Crippen molar-refractivity contribution < 1.29 is 13.9 Å². The molecule has 1 unspecified atom stereocenters. The second kappa shape index (κ2) is 5.92. The molecule has 0 saturated carbocycles. The minimum atomic E-state index is -0.477. The number of aryl methyl sites for hydroxylation is 1. The van der Waals surface area contributed by atoms with E-state index in [0.717, 1.165) is 16.9 Å². The second-order valence-corrected chi connectivity index (χ2v) is 4.59. The third-order valence-corrected chi connectivity index (χ3v) is 3.32. The molecule has 0 heterocycles. The second-order valence-electron chi connectivity index (χ2n) is 4.59. The van der Waals surface area contributed by atoms with Gasteiger partial charge in [-0.3, -0.25) is 0 Å². The Hall–Kier alpha value is -2.07. The molecule has 0 bridgehead atoms. The summed E-state index contributed by atoms with van der Waals surface area (Å²) in [5.74, 6) is 0.988. The topological polar surface area (TPSA) is 44.5 Å². The summed E-state index contributed by atoms with van der Waals surface area (Å²) in [7, 11) is 3.15. The van der Waals surface area contributed by atoms with Gasteiger partial charge in [-0.15, -0.1) is 0 Å². The molecule has 0 amide bonds. The fourth-order valence-corrected chi connectivity index (χ4v) is 2.16. The fourth-order valence-electron chi connectivity index (χ4n) is 2.16. The van der Waals surface area contributed by atoms with Gasteiger partial charge in [0.2, 0.25) is 0 Å². The summed E-state index contributed by atoms with van der Waals surface area (Å²) in [6, 6.07) is 9.56. The molecular formula is C16H18FNO2. The van der Waals surface area contributed by atoms with Gasteiger partial charge in [0.05, 0.1) is 20.3 Å². The molecule has 106 valence electrons. The Morgan fingerprint density at radius 3 is 2.35 bits per heavy atom. The molecule has 2 aromatic rings. The highest BCUT2D eigenvalue weighted by molar-refractivity contribution is 5.45. The lowest BCUT2D eigenvalue weighted by molar-refractivity contribution is 0.405. The molecule has 0 fully saturated rings. The van der Waals surface area contributed by atoms with Gasteiger partial charge >= 0.3 is 0 Å². The number of methoxy groups -OCH3 is 2. The van der Waals surface area contributed by atoms with Gasteiger partial charge in [0.15, 0.2) is 0 Å². The van der Waals surface area contributed by atoms with Crippen LogP contribution in [0.15, 0.2) is 36.4 Å². The number of nitrogens with two attached hydrogens (primary N) is 1. The van der Waals surface area contributed by atoms with E-state index in [1.54, 1.807) is 20.3 Å². The summed E-state index contributed by atoms with van der Waals surface area (Å²) in [6.45, 7) is 1.96. The molecule has 0 saturated heterocycles. The van der Waals surface area contributed by atoms with E-state index in [9.17, 15) is 4.39 Å². The minimum Gasteiger partial charge on any atom is -0.496 e. The van der Waals surface area contributed by atoms with Gasteiger partial charge < -0.3 is 15.2 Å². The van der Waals surface area contributed by atoms with E-state index in [0.29, 0.717) is 11.3 Å². The lowest BCUT2D eigenvalue weighted by Crippen LogP contribution is -2.13. The molecule has 2 aromatic carbocycles. The summed E-state index contributed by atoms with van der Waals surface area (Å²) < 4.78 is 24.0. The van der Waals surface area contributed by atoms with Crippen LogP contribution < -0.4 is 15.2 Å². The van der Waals surface area contributed by atoms with Crippen LogP contribution in [0.2, 0.25) is 0 Å². The molecule has 20 heavy (non-hydrogen) atoms. The van der Waals surface area contributed by atoms with E-state index in [-0.39, 0.29) is 5.82 Å². The van der Waals surface area contributed by atoms with E-state index in [4.69, 9.17) is 15.2 Å². The van der Waals surface area contributed by atoms with Crippen molar-refractivity contribution in [3.05, 3.63) is 58.9 Å². The molecule has 4 heteroatoms. The van der Waals surface area contributed by atoms with Crippen molar-refractivity contribution in [2.45, 2.75) is 13.0 Å². The Balaban J connectivity index is 2.45. The minimum absolute atomic E-state index is 0.338. The Kier molecular flexibility index (Phi) is 4.25. The van der Waals surface area contributed by atoms with E-state index in [2.05, 4.69) is 0 Å². The Morgan fingerprint density at radius 1 is 1.00 bits per heavy atom. The van der Waals surface area contributed by atoms with Crippen molar-refractivity contribution in [1.82, 2.24) is 0 Å². The van der Waals surface area contributed by atoms with Gasteiger partial charge in [-0.1, -0.05) is 12.1 Å². The van der Waals surface area contributed by atoms with Crippen LogP contribution in [0, 0.1) is 12.7 Å². The highest BCUT2D eigenvalue weighted by Gasteiger charge is 2.16. The number of ether oxygens (including phenoxy) is 2. The maximum Gasteiger partial charge on any atom is 0.124 e. The van der Waals surface area contributed by atoms with Crippen LogP contribution in [-0.4, -0.2) is 14.2 Å². The third-order valence-electron chi connectivity index (χ3n) is 3.32. The smallest absolute Gasteiger partial charge is 0.124 e. The molecule has 2 rings (SSSR count). The first-order valence-electron chi connectivity index (χ1n) is 6.30. The first kappa shape index (κ1) is 14.3. The van der Waals surface area contributed by atoms with Crippen molar-refractivity contribution >= 4 is 0 Å². The van der Waals surface area contributed by atoms with Crippen LogP contribution in [0.3, 0.4) is 0 Å². The molecule has 0 radical (unpaired) electrons. The molecule has 3 nitrogen and oxygen atoms in total. The molecule has 0 aliphatic rings. The van der Waals surface area contributed by atoms with Crippen LogP contribution in [-0.2, 0) is 0 Å². The average Bonchev–Trinajstić information content (AvgIpc) is 2.47. The summed E-state index contributed by atoms with van der Waals surface area (Å²) in [5, 5.41) is 0. The zero-order valence-corrected chi connectivity index (χ0v) is 11.8. The molecule has 0 spiro atoms. The first-order valence-corrected chi connectivity index (χ1v) is 6.30. The summed E-state index contributed by atoms with van der Waals surface area (Å²) in [4.78, 5) is 0. The van der Waals surface area contributed by atoms with Crippen molar-refractivity contribution in [3.8, 4) is 11.5 Å². The lowest BCUT2D eigenvalue weighted by atomic mass is 9.97. The molecule has 2 N–H and O–H groups in total. The number of rotatable bonds is 4. The van der Waals surface area contributed by atoms with E-state index < -0.39 is 6.04 Å². The predicted molar refractivity (Wildman–Crippen MR) is 76.7 cm³/mol. The zero-order chi connectivity index (χ0) is 14.7. The van der Waals surface area contributed by atoms with Crippen molar-refractivity contribution in [3.63, 3.8) is 0 Å². The molecule has 0 aromatic heterocycles. The highest BCUT2D eigenvalue weighted by Crippen LogP contribution is 2.31. The van der Waals surface area contributed by atoms with Crippen molar-refractivity contribution in [1.29, 1.82) is 0 Å². The fraction of sp³-hybridized carbons (Fsp3) is 0.250. The van der Waals surface area contributed by atoms with E-state index >= 15 is 0 Å². The van der Waals surface area contributed by atoms with Gasteiger partial charge in [0.25, 0.3) is 0 Å². The average molecular weight is 275 g/mol. The van der Waals surface area contributed by atoms with Crippen molar-refractivity contribution in [2.75, 3.05) is 14.2 Å². The maximum absolute atomic E-state index is 13.4. The molecule has 1 atom stereocenters. The Bertz CT molecular complexity index is 613. The van der Waals surface area contributed by atoms with Gasteiger partial charge in [-0.25, -0.2) is 4.39 Å². The van der Waals surface area contributed by atoms with Crippen LogP contribution >= 0.6 is 0 Å². The third kappa shape index (κ3) is 2.75. The number of hydrogen-bond donors (Lipinski definition) is 1. The zero-order valence-electron chi connectivity index (χ0n) is 11.8. The summed E-state index contributed by atoms with van der Waals surface area (Å²) >= 11 is 0. The molecule has 0 aliphatic heterocycles. The number of hydrogen-bond acceptors (Lipinski definition) is 3. The van der Waals surface area contributed by atoms with Gasteiger partial charge in [0, 0.05) is 5.56 Å².